The standard InChI is InChI=1S/C78H102Si2/c1-47-29-48(2)34-65(33-47)79(66-35-49(3)30-50(4)36-66,69-43-61(73(15,16)17)41-62(44-69)74(18,19)20)71-55(9)57(11)77(27,59(71)13)78(28)58(12)56(10)72(60(78)14)80(67-37-51(5)31-52(6)38-67,68-39-53(7)32-54(8)40-68)70-45-63(75(21,22)23)42-64(46-70)76(24,25)26/h29-46H,1-28H3. The van der Waals surface area contributed by atoms with E-state index in [0.717, 1.165) is 0 Å². The Kier molecular flexibility index (Phi) is 15.4. The first-order chi connectivity index (χ1) is 36.6. The molecule has 2 aliphatic rings. The Balaban J connectivity index is 1.63. The fourth-order valence-electron chi connectivity index (χ4n) is 15.4. The molecule has 0 radical (unpaired) electrons. The van der Waals surface area contributed by atoms with Gasteiger partial charge in [0.05, 0.1) is 0 Å². The van der Waals surface area contributed by atoms with E-state index in [1.54, 1.807) is 10.4 Å². The van der Waals surface area contributed by atoms with Crippen molar-refractivity contribution in [1.29, 1.82) is 0 Å². The lowest BCUT2D eigenvalue weighted by Crippen LogP contribution is -2.69. The van der Waals surface area contributed by atoms with Crippen LogP contribution in [0.4, 0.5) is 0 Å². The summed E-state index contributed by atoms with van der Waals surface area (Å²) >= 11 is 0. The van der Waals surface area contributed by atoms with E-state index in [1.807, 2.05) is 0 Å². The average molecular weight is 1100 g/mol. The minimum absolute atomic E-state index is 0.0627. The SMILES string of the molecule is CC1=C(C)C(C)(C2(C)C(C)=C(C)C([Si](c3cc(C)cc(C)c3)(c3cc(C)cc(C)c3)c3cc(C(C)(C)C)cc(C(C)(C)C)c3)=C2C)C(C)=C1[Si](c1cc(C)cc(C)c1)(c1cc(C)cc(C)c1)c1cc(C(C)(C)C)cc(C(C)(C)C)c1. The molecule has 0 N–H and O–H groups in total. The predicted molar refractivity (Wildman–Crippen MR) is 359 cm³/mol. The molecule has 0 nitrogen and oxygen atoms in total. The summed E-state index contributed by atoms with van der Waals surface area (Å²) in [4.78, 5) is 0. The van der Waals surface area contributed by atoms with Crippen molar-refractivity contribution in [2.24, 2.45) is 10.8 Å². The maximum Gasteiger partial charge on any atom is 0.179 e. The van der Waals surface area contributed by atoms with Gasteiger partial charge in [-0.25, -0.2) is 0 Å². The van der Waals surface area contributed by atoms with E-state index in [1.165, 1.54) is 131 Å². The molecule has 0 saturated heterocycles. The summed E-state index contributed by atoms with van der Waals surface area (Å²) < 4.78 is 0. The molecular formula is C78H102Si2. The van der Waals surface area contributed by atoms with Gasteiger partial charge in [-0.05, 0) is 182 Å². The number of hydrogen-bond donors (Lipinski definition) is 0. The number of allylic oxidation sites excluding steroid dienone is 8. The monoisotopic (exact) mass is 1090 g/mol. The van der Waals surface area contributed by atoms with Crippen molar-refractivity contribution in [1.82, 2.24) is 0 Å². The molecule has 0 aliphatic heterocycles. The van der Waals surface area contributed by atoms with Crippen LogP contribution in [0, 0.1) is 66.2 Å². The Morgan fingerprint density at radius 1 is 0.237 bits per heavy atom. The molecule has 0 amide bonds. The molecule has 6 aromatic rings. The zero-order valence-electron chi connectivity index (χ0n) is 55.4. The van der Waals surface area contributed by atoms with Gasteiger partial charge in [0.2, 0.25) is 0 Å². The first-order valence-corrected chi connectivity index (χ1v) is 34.1. The van der Waals surface area contributed by atoms with Gasteiger partial charge in [0.15, 0.2) is 16.1 Å². The van der Waals surface area contributed by atoms with Gasteiger partial charge in [-0.1, -0.05) is 284 Å². The molecule has 2 atom stereocenters. The van der Waals surface area contributed by atoms with Crippen LogP contribution >= 0.6 is 0 Å². The molecule has 0 saturated carbocycles. The maximum atomic E-state index is 2.68. The third-order valence-electron chi connectivity index (χ3n) is 20.2. The molecule has 0 aromatic heterocycles. The van der Waals surface area contributed by atoms with E-state index in [2.05, 4.69) is 303 Å². The molecule has 8 rings (SSSR count). The summed E-state index contributed by atoms with van der Waals surface area (Å²) in [5.41, 5.74) is 24.2. The average Bonchev–Trinajstić information content (AvgIpc) is 3.60. The van der Waals surface area contributed by atoms with Crippen molar-refractivity contribution >= 4 is 47.3 Å². The summed E-state index contributed by atoms with van der Waals surface area (Å²) in [6.07, 6.45) is 0. The summed E-state index contributed by atoms with van der Waals surface area (Å²) in [7, 11) is -6.45. The Hall–Kier alpha value is -5.29. The van der Waals surface area contributed by atoms with Crippen molar-refractivity contribution < 1.29 is 0 Å². The zero-order chi connectivity index (χ0) is 59.7. The van der Waals surface area contributed by atoms with Gasteiger partial charge in [-0.2, -0.15) is 0 Å². The second kappa shape index (κ2) is 20.3. The minimum Gasteiger partial charge on any atom is -0.0615 e. The van der Waals surface area contributed by atoms with Gasteiger partial charge in [0, 0.05) is 10.8 Å². The Morgan fingerprint density at radius 3 is 0.588 bits per heavy atom. The lowest BCUT2D eigenvalue weighted by atomic mass is 9.55. The van der Waals surface area contributed by atoms with Gasteiger partial charge >= 0.3 is 0 Å². The Morgan fingerprint density at radius 2 is 0.412 bits per heavy atom. The molecule has 0 fully saturated rings. The highest BCUT2D eigenvalue weighted by atomic mass is 28.3. The molecule has 2 aliphatic carbocycles. The van der Waals surface area contributed by atoms with Crippen LogP contribution in [0.1, 0.15) is 205 Å². The van der Waals surface area contributed by atoms with E-state index < -0.39 is 16.1 Å². The second-order valence-electron chi connectivity index (χ2n) is 30.4. The normalized spacial score (nSPS) is 18.9. The van der Waals surface area contributed by atoms with Gasteiger partial charge in [-0.3, -0.25) is 0 Å². The van der Waals surface area contributed by atoms with Crippen molar-refractivity contribution in [3.63, 3.8) is 0 Å². The van der Waals surface area contributed by atoms with Crippen molar-refractivity contribution in [3.8, 4) is 0 Å². The Bertz CT molecular complexity index is 3150. The summed E-state index contributed by atoms with van der Waals surface area (Å²) in [5.74, 6) is 0. The van der Waals surface area contributed by atoms with E-state index in [4.69, 9.17) is 0 Å². The van der Waals surface area contributed by atoms with Crippen LogP contribution in [0.15, 0.2) is 153 Å². The largest absolute Gasteiger partial charge is 0.179 e. The molecule has 0 spiro atoms. The van der Waals surface area contributed by atoms with E-state index in [0.29, 0.717) is 0 Å². The van der Waals surface area contributed by atoms with Crippen LogP contribution in [0.25, 0.3) is 0 Å². The summed E-state index contributed by atoms with van der Waals surface area (Å²) in [6.45, 7) is 68.3. The van der Waals surface area contributed by atoms with E-state index in [9.17, 15) is 0 Å². The van der Waals surface area contributed by atoms with Crippen molar-refractivity contribution in [2.45, 2.75) is 216 Å². The number of rotatable bonds is 9. The van der Waals surface area contributed by atoms with Crippen LogP contribution in [-0.4, -0.2) is 16.1 Å². The smallest absolute Gasteiger partial charge is 0.0615 e. The first kappa shape index (κ1) is 60.8. The van der Waals surface area contributed by atoms with Crippen LogP contribution in [-0.2, 0) is 21.7 Å². The van der Waals surface area contributed by atoms with Gasteiger partial charge in [0.25, 0.3) is 0 Å². The van der Waals surface area contributed by atoms with Crippen LogP contribution in [0.5, 0.6) is 0 Å². The highest BCUT2D eigenvalue weighted by Crippen LogP contribution is 2.67. The topological polar surface area (TPSA) is 0 Å². The van der Waals surface area contributed by atoms with Crippen LogP contribution in [0.2, 0.25) is 0 Å². The molecule has 2 heteroatoms. The van der Waals surface area contributed by atoms with Gasteiger partial charge in [-0.15, -0.1) is 0 Å². The van der Waals surface area contributed by atoms with Crippen molar-refractivity contribution in [2.75, 3.05) is 0 Å². The number of benzene rings is 6. The van der Waals surface area contributed by atoms with Crippen molar-refractivity contribution in [3.05, 3.63) is 220 Å². The first-order valence-electron chi connectivity index (χ1n) is 30.1. The molecular weight excluding hydrogens is 993 g/mol. The molecule has 0 heterocycles. The third-order valence-corrected chi connectivity index (χ3v) is 30.1. The fourth-order valence-corrected chi connectivity index (χ4v) is 27.3. The van der Waals surface area contributed by atoms with Gasteiger partial charge < -0.3 is 0 Å². The summed E-state index contributed by atoms with van der Waals surface area (Å²) in [5, 5.41) is 12.1. The molecule has 6 aromatic carbocycles. The fraction of sp³-hybridized carbons (Fsp3) is 0.436. The summed E-state index contributed by atoms with van der Waals surface area (Å²) in [6, 6.07) is 46.1. The zero-order valence-corrected chi connectivity index (χ0v) is 57.4. The molecule has 2 unspecified atom stereocenters. The molecule has 0 bridgehead atoms. The van der Waals surface area contributed by atoms with Crippen LogP contribution < -0.4 is 31.1 Å². The molecule has 422 valence electrons. The second-order valence-corrected chi connectivity index (χ2v) is 37.8. The van der Waals surface area contributed by atoms with E-state index in [-0.39, 0.29) is 32.5 Å². The van der Waals surface area contributed by atoms with Gasteiger partial charge in [0.1, 0.15) is 0 Å². The highest BCUT2D eigenvalue weighted by Gasteiger charge is 2.62. The van der Waals surface area contributed by atoms with Crippen LogP contribution in [0.3, 0.4) is 0 Å². The highest BCUT2D eigenvalue weighted by molar-refractivity contribution is 7.17. The predicted octanol–water partition coefficient (Wildman–Crippen LogP) is 17.4. The lowest BCUT2D eigenvalue weighted by Gasteiger charge is -2.49. The lowest BCUT2D eigenvalue weighted by molar-refractivity contribution is 0.249. The minimum atomic E-state index is -3.23. The molecule has 80 heavy (non-hydrogen) atoms. The number of aryl methyl sites for hydroxylation is 8. The van der Waals surface area contributed by atoms with E-state index >= 15 is 0 Å². The quantitative estimate of drug-likeness (QED) is 0.1000. The Labute approximate surface area is 490 Å². The third kappa shape index (κ3) is 9.76. The maximum absolute atomic E-state index is 3.23. The number of hydrogen-bond acceptors (Lipinski definition) is 0.